The summed E-state index contributed by atoms with van der Waals surface area (Å²) in [5.74, 6) is 1.26. The Bertz CT molecular complexity index is 588. The Morgan fingerprint density at radius 3 is 2.94 bits per heavy atom. The Balaban J connectivity index is 1.91. The van der Waals surface area contributed by atoms with Crippen molar-refractivity contribution >= 4 is 21.6 Å². The summed E-state index contributed by atoms with van der Waals surface area (Å²) in [4.78, 5) is 4.12. The zero-order valence-electron chi connectivity index (χ0n) is 9.77. The van der Waals surface area contributed by atoms with Crippen LogP contribution in [0, 0.1) is 18.3 Å². The molecule has 0 saturated carbocycles. The second-order valence-corrected chi connectivity index (χ2v) is 4.57. The highest BCUT2D eigenvalue weighted by Crippen LogP contribution is 2.20. The van der Waals surface area contributed by atoms with Crippen molar-refractivity contribution in [1.82, 2.24) is 10.1 Å². The number of aryl methyl sites for hydroxylation is 1. The van der Waals surface area contributed by atoms with Crippen LogP contribution in [0.5, 0.6) is 0 Å². The van der Waals surface area contributed by atoms with Crippen LogP contribution in [0.25, 0.3) is 0 Å². The standard InChI is InChI=1S/C12H11BrN4O/c1-8-16-12(18-17-8)4-5-15-10-3-2-9(7-14)11(13)6-10/h2-3,6,15H,4-5H2,1H3. The SMILES string of the molecule is Cc1noc(CCNc2ccc(C#N)c(Br)c2)n1. The number of anilines is 1. The lowest BCUT2D eigenvalue weighted by Crippen LogP contribution is -2.05. The number of halogens is 1. The first-order chi connectivity index (χ1) is 8.69. The Hall–Kier alpha value is -1.87. The van der Waals surface area contributed by atoms with Crippen molar-refractivity contribution in [3.63, 3.8) is 0 Å². The summed E-state index contributed by atoms with van der Waals surface area (Å²) < 4.78 is 5.79. The van der Waals surface area contributed by atoms with E-state index in [9.17, 15) is 0 Å². The van der Waals surface area contributed by atoms with Crippen LogP contribution in [-0.4, -0.2) is 16.7 Å². The molecule has 0 aliphatic rings. The maximum atomic E-state index is 8.81. The molecule has 0 atom stereocenters. The van der Waals surface area contributed by atoms with E-state index in [1.54, 1.807) is 13.0 Å². The summed E-state index contributed by atoms with van der Waals surface area (Å²) in [6.45, 7) is 2.48. The fourth-order valence-corrected chi connectivity index (χ4v) is 1.94. The predicted molar refractivity (Wildman–Crippen MR) is 70.1 cm³/mol. The maximum Gasteiger partial charge on any atom is 0.228 e. The van der Waals surface area contributed by atoms with Crippen LogP contribution in [0.2, 0.25) is 0 Å². The molecule has 1 aromatic heterocycles. The van der Waals surface area contributed by atoms with Gasteiger partial charge in [-0.05, 0) is 41.1 Å². The normalized spacial score (nSPS) is 10.1. The molecule has 92 valence electrons. The van der Waals surface area contributed by atoms with E-state index in [1.165, 1.54) is 0 Å². The van der Waals surface area contributed by atoms with Crippen molar-refractivity contribution < 1.29 is 4.52 Å². The van der Waals surface area contributed by atoms with Crippen molar-refractivity contribution in [3.05, 3.63) is 40.0 Å². The average molecular weight is 307 g/mol. The van der Waals surface area contributed by atoms with Crippen LogP contribution >= 0.6 is 15.9 Å². The third-order valence-corrected chi connectivity index (χ3v) is 2.98. The van der Waals surface area contributed by atoms with Gasteiger partial charge in [-0.2, -0.15) is 10.2 Å². The predicted octanol–water partition coefficient (Wildman–Crippen LogP) is 2.67. The van der Waals surface area contributed by atoms with E-state index >= 15 is 0 Å². The van der Waals surface area contributed by atoms with Crippen molar-refractivity contribution in [1.29, 1.82) is 5.26 Å². The molecule has 2 rings (SSSR count). The Morgan fingerprint density at radius 1 is 1.50 bits per heavy atom. The van der Waals surface area contributed by atoms with Crippen molar-refractivity contribution in [2.75, 3.05) is 11.9 Å². The third-order valence-electron chi connectivity index (χ3n) is 2.33. The Kier molecular flexibility index (Phi) is 3.95. The zero-order chi connectivity index (χ0) is 13.0. The highest BCUT2D eigenvalue weighted by molar-refractivity contribution is 9.10. The first-order valence-electron chi connectivity index (χ1n) is 5.42. The molecule has 0 fully saturated rings. The number of nitriles is 1. The van der Waals surface area contributed by atoms with Crippen LogP contribution in [-0.2, 0) is 6.42 Å². The summed E-state index contributed by atoms with van der Waals surface area (Å²) in [5.41, 5.74) is 1.56. The summed E-state index contributed by atoms with van der Waals surface area (Å²) in [7, 11) is 0. The average Bonchev–Trinajstić information content (AvgIpc) is 2.75. The number of rotatable bonds is 4. The van der Waals surface area contributed by atoms with Gasteiger partial charge in [0.2, 0.25) is 5.89 Å². The van der Waals surface area contributed by atoms with Crippen molar-refractivity contribution in [3.8, 4) is 6.07 Å². The fraction of sp³-hybridized carbons (Fsp3) is 0.250. The first-order valence-corrected chi connectivity index (χ1v) is 6.21. The Labute approximate surface area is 113 Å². The molecule has 18 heavy (non-hydrogen) atoms. The zero-order valence-corrected chi connectivity index (χ0v) is 11.4. The summed E-state index contributed by atoms with van der Waals surface area (Å²) >= 11 is 3.34. The van der Waals surface area contributed by atoms with E-state index in [0.29, 0.717) is 30.2 Å². The highest BCUT2D eigenvalue weighted by Gasteiger charge is 2.03. The maximum absolute atomic E-state index is 8.81. The second-order valence-electron chi connectivity index (χ2n) is 3.72. The third kappa shape index (κ3) is 3.08. The first kappa shape index (κ1) is 12.6. The van der Waals surface area contributed by atoms with E-state index in [-0.39, 0.29) is 0 Å². The van der Waals surface area contributed by atoms with E-state index in [0.717, 1.165) is 10.2 Å². The molecule has 0 saturated heterocycles. The van der Waals surface area contributed by atoms with Gasteiger partial charge in [0.05, 0.1) is 5.56 Å². The van der Waals surface area contributed by atoms with Crippen LogP contribution in [0.4, 0.5) is 5.69 Å². The second kappa shape index (κ2) is 5.65. The number of nitrogens with zero attached hydrogens (tertiary/aromatic N) is 3. The molecule has 2 aromatic rings. The van der Waals surface area contributed by atoms with Gasteiger partial charge in [-0.3, -0.25) is 0 Å². The number of nitrogens with one attached hydrogen (secondary N) is 1. The van der Waals surface area contributed by atoms with Crippen LogP contribution < -0.4 is 5.32 Å². The van der Waals surface area contributed by atoms with Crippen LogP contribution in [0.1, 0.15) is 17.3 Å². The van der Waals surface area contributed by atoms with Gasteiger partial charge in [0, 0.05) is 23.1 Å². The van der Waals surface area contributed by atoms with Crippen LogP contribution in [0.15, 0.2) is 27.2 Å². The van der Waals surface area contributed by atoms with Crippen molar-refractivity contribution in [2.24, 2.45) is 0 Å². The molecule has 0 bridgehead atoms. The lowest BCUT2D eigenvalue weighted by molar-refractivity contribution is 0.377. The minimum atomic E-state index is 0.618. The molecular weight excluding hydrogens is 296 g/mol. The summed E-state index contributed by atoms with van der Waals surface area (Å²) in [6.07, 6.45) is 0.665. The van der Waals surface area contributed by atoms with E-state index in [2.05, 4.69) is 37.5 Å². The van der Waals surface area contributed by atoms with Gasteiger partial charge in [0.25, 0.3) is 0 Å². The molecule has 0 amide bonds. The molecule has 6 heteroatoms. The van der Waals surface area contributed by atoms with Gasteiger partial charge >= 0.3 is 0 Å². The van der Waals surface area contributed by atoms with Crippen LogP contribution in [0.3, 0.4) is 0 Å². The Morgan fingerprint density at radius 2 is 2.33 bits per heavy atom. The molecule has 0 spiro atoms. The number of aromatic nitrogens is 2. The topological polar surface area (TPSA) is 74.7 Å². The molecule has 5 nitrogen and oxygen atoms in total. The lowest BCUT2D eigenvalue weighted by atomic mass is 10.2. The largest absolute Gasteiger partial charge is 0.384 e. The lowest BCUT2D eigenvalue weighted by Gasteiger charge is -2.05. The minimum Gasteiger partial charge on any atom is -0.384 e. The van der Waals surface area contributed by atoms with Gasteiger partial charge in [-0.15, -0.1) is 0 Å². The molecule has 1 heterocycles. The quantitative estimate of drug-likeness (QED) is 0.940. The van der Waals surface area contributed by atoms with E-state index in [4.69, 9.17) is 9.78 Å². The van der Waals surface area contributed by atoms with E-state index < -0.39 is 0 Å². The molecule has 0 radical (unpaired) electrons. The molecule has 1 N–H and O–H groups in total. The minimum absolute atomic E-state index is 0.618. The molecule has 1 aromatic carbocycles. The van der Waals surface area contributed by atoms with Gasteiger partial charge < -0.3 is 9.84 Å². The fourth-order valence-electron chi connectivity index (χ4n) is 1.47. The monoisotopic (exact) mass is 306 g/mol. The number of hydrogen-bond donors (Lipinski definition) is 1. The van der Waals surface area contributed by atoms with Gasteiger partial charge in [-0.1, -0.05) is 5.16 Å². The summed E-state index contributed by atoms with van der Waals surface area (Å²) in [6, 6.07) is 7.60. The molecule has 0 aliphatic carbocycles. The van der Waals surface area contributed by atoms with E-state index in [1.807, 2.05) is 12.1 Å². The smallest absolute Gasteiger partial charge is 0.228 e. The van der Waals surface area contributed by atoms with Gasteiger partial charge in [0.15, 0.2) is 5.82 Å². The molecular formula is C12H11BrN4O. The van der Waals surface area contributed by atoms with Gasteiger partial charge in [0.1, 0.15) is 6.07 Å². The van der Waals surface area contributed by atoms with Gasteiger partial charge in [-0.25, -0.2) is 0 Å². The molecule has 0 unspecified atom stereocenters. The number of benzene rings is 1. The van der Waals surface area contributed by atoms with Crippen molar-refractivity contribution in [2.45, 2.75) is 13.3 Å². The summed E-state index contributed by atoms with van der Waals surface area (Å²) in [5, 5.41) is 15.8. The highest BCUT2D eigenvalue weighted by atomic mass is 79.9. The molecule has 0 aliphatic heterocycles. The number of hydrogen-bond acceptors (Lipinski definition) is 5.